The summed E-state index contributed by atoms with van der Waals surface area (Å²) in [7, 11) is 0. The smallest absolute Gasteiger partial charge is 0.332 e. The van der Waals surface area contributed by atoms with E-state index in [-0.39, 0.29) is 30.3 Å². The molecule has 1 aromatic heterocycles. The summed E-state index contributed by atoms with van der Waals surface area (Å²) in [6, 6.07) is 2.83. The van der Waals surface area contributed by atoms with Crippen LogP contribution in [0.1, 0.15) is 32.3 Å². The van der Waals surface area contributed by atoms with Crippen LogP contribution in [0.25, 0.3) is 0 Å². The molecule has 134 valence electrons. The van der Waals surface area contributed by atoms with Gasteiger partial charge in [0.15, 0.2) is 0 Å². The fraction of sp³-hybridized carbons (Fsp3) is 0.562. The van der Waals surface area contributed by atoms with E-state index >= 15 is 0 Å². The topological polar surface area (TPSA) is 91.6 Å². The summed E-state index contributed by atoms with van der Waals surface area (Å²) >= 11 is 0. The third-order valence-electron chi connectivity index (χ3n) is 4.26. The molecule has 0 unspecified atom stereocenters. The van der Waals surface area contributed by atoms with E-state index in [2.05, 4.69) is 10.3 Å². The van der Waals surface area contributed by atoms with Gasteiger partial charge in [-0.05, 0) is 30.0 Å². The van der Waals surface area contributed by atoms with Gasteiger partial charge in [0, 0.05) is 32.0 Å². The number of aromatic nitrogens is 1. The number of hydrazine groups is 1. The number of hydrogen-bond acceptors (Lipinski definition) is 4. The van der Waals surface area contributed by atoms with Crippen LogP contribution in [0, 0.1) is 5.92 Å². The maximum atomic E-state index is 12.5. The summed E-state index contributed by atoms with van der Waals surface area (Å²) in [6.45, 7) is 5.41. The Morgan fingerprint density at radius 1 is 1.29 bits per heavy atom. The highest BCUT2D eigenvalue weighted by Crippen LogP contribution is 2.16. The monoisotopic (exact) mass is 355 g/mol. The molecular weight excluding hydrogens is 330 g/mol. The van der Waals surface area contributed by atoms with E-state index in [4.69, 9.17) is 5.73 Å². The molecule has 24 heavy (non-hydrogen) atoms. The van der Waals surface area contributed by atoms with Gasteiger partial charge in [0.25, 0.3) is 5.91 Å². The van der Waals surface area contributed by atoms with Crippen LogP contribution in [0.5, 0.6) is 0 Å². The second-order valence-corrected chi connectivity index (χ2v) is 5.86. The first-order valence-corrected chi connectivity index (χ1v) is 8.05. The van der Waals surface area contributed by atoms with Gasteiger partial charge in [-0.1, -0.05) is 20.3 Å². The van der Waals surface area contributed by atoms with Gasteiger partial charge in [-0.15, -0.1) is 12.4 Å². The molecule has 1 aliphatic heterocycles. The highest BCUT2D eigenvalue weighted by Gasteiger charge is 2.34. The van der Waals surface area contributed by atoms with Crippen molar-refractivity contribution in [2.45, 2.75) is 39.3 Å². The van der Waals surface area contributed by atoms with Crippen LogP contribution in [0.15, 0.2) is 24.5 Å². The average molecular weight is 356 g/mol. The Kier molecular flexibility index (Phi) is 7.94. The average Bonchev–Trinajstić information content (AvgIpc) is 3.08. The van der Waals surface area contributed by atoms with Gasteiger partial charge in [0.1, 0.15) is 0 Å². The van der Waals surface area contributed by atoms with E-state index in [1.165, 1.54) is 10.0 Å². The molecule has 1 fully saturated rings. The Bertz CT molecular complexity index is 543. The van der Waals surface area contributed by atoms with Crippen molar-refractivity contribution in [2.24, 2.45) is 11.7 Å². The van der Waals surface area contributed by atoms with Gasteiger partial charge in [-0.2, -0.15) is 0 Å². The predicted octanol–water partition coefficient (Wildman–Crippen LogP) is 1.54. The molecule has 0 aliphatic carbocycles. The fourth-order valence-corrected chi connectivity index (χ4v) is 2.49. The van der Waals surface area contributed by atoms with Crippen LogP contribution in [0.2, 0.25) is 0 Å². The van der Waals surface area contributed by atoms with Gasteiger partial charge < -0.3 is 11.1 Å². The zero-order valence-electron chi connectivity index (χ0n) is 14.1. The molecule has 7 nitrogen and oxygen atoms in total. The first-order valence-electron chi connectivity index (χ1n) is 8.05. The van der Waals surface area contributed by atoms with Gasteiger partial charge >= 0.3 is 6.03 Å². The van der Waals surface area contributed by atoms with E-state index in [9.17, 15) is 9.59 Å². The van der Waals surface area contributed by atoms with Crippen molar-refractivity contribution in [2.75, 3.05) is 13.1 Å². The van der Waals surface area contributed by atoms with Crippen LogP contribution in [0.4, 0.5) is 4.79 Å². The normalized spacial score (nSPS) is 16.3. The van der Waals surface area contributed by atoms with Crippen molar-refractivity contribution in [3.63, 3.8) is 0 Å². The quantitative estimate of drug-likeness (QED) is 0.838. The highest BCUT2D eigenvalue weighted by molar-refractivity contribution is 5.85. The third kappa shape index (κ3) is 4.82. The number of urea groups is 1. The van der Waals surface area contributed by atoms with Crippen molar-refractivity contribution >= 4 is 24.3 Å². The Morgan fingerprint density at radius 3 is 2.54 bits per heavy atom. The first kappa shape index (κ1) is 20.2. The number of rotatable bonds is 5. The molecule has 0 aromatic carbocycles. The molecule has 2 heterocycles. The Morgan fingerprint density at radius 2 is 1.92 bits per heavy atom. The van der Waals surface area contributed by atoms with Gasteiger partial charge in [0.05, 0.1) is 6.04 Å². The van der Waals surface area contributed by atoms with E-state index in [1.807, 2.05) is 26.0 Å². The Hall–Kier alpha value is -1.86. The number of nitrogens with one attached hydrogen (secondary N) is 1. The summed E-state index contributed by atoms with van der Waals surface area (Å²) in [6.07, 6.45) is 4.95. The minimum Gasteiger partial charge on any atom is -0.332 e. The number of amides is 3. The molecule has 0 radical (unpaired) electrons. The summed E-state index contributed by atoms with van der Waals surface area (Å²) < 4.78 is 0. The number of nitrogens with zero attached hydrogens (tertiary/aromatic N) is 3. The Labute approximate surface area is 149 Å². The predicted molar refractivity (Wildman–Crippen MR) is 94.2 cm³/mol. The molecule has 3 amide bonds. The fourth-order valence-electron chi connectivity index (χ4n) is 2.49. The van der Waals surface area contributed by atoms with Crippen LogP contribution in [-0.2, 0) is 11.3 Å². The molecule has 1 aliphatic rings. The molecule has 2 atom stereocenters. The number of hydrogen-bond donors (Lipinski definition) is 2. The van der Waals surface area contributed by atoms with Crippen molar-refractivity contribution in [1.29, 1.82) is 0 Å². The minimum atomic E-state index is -0.575. The number of nitrogens with two attached hydrogens (primary N) is 1. The standard InChI is InChI=1S/C16H25N5O2.ClH/c1-3-12(2)14(17)15(22)20-9-4-10-21(20)16(23)19-11-13-5-7-18-8-6-13;/h5-8,12,14H,3-4,9-11,17H2,1-2H3,(H,19,23);1H/t12-,14-;/m0./s1. The van der Waals surface area contributed by atoms with Crippen LogP contribution < -0.4 is 11.1 Å². The summed E-state index contributed by atoms with van der Waals surface area (Å²) in [4.78, 5) is 28.8. The lowest BCUT2D eigenvalue weighted by molar-refractivity contribution is -0.142. The molecule has 8 heteroatoms. The van der Waals surface area contributed by atoms with Crippen molar-refractivity contribution in [3.05, 3.63) is 30.1 Å². The number of pyridine rings is 1. The molecule has 3 N–H and O–H groups in total. The van der Waals surface area contributed by atoms with Crippen LogP contribution >= 0.6 is 12.4 Å². The van der Waals surface area contributed by atoms with E-state index in [0.29, 0.717) is 19.6 Å². The lowest BCUT2D eigenvalue weighted by Crippen LogP contribution is -2.55. The van der Waals surface area contributed by atoms with E-state index in [1.54, 1.807) is 12.4 Å². The lowest BCUT2D eigenvalue weighted by Gasteiger charge is -2.31. The summed E-state index contributed by atoms with van der Waals surface area (Å²) in [5.74, 6) is -0.0965. The molecule has 0 saturated carbocycles. The highest BCUT2D eigenvalue weighted by atomic mass is 35.5. The molecule has 0 spiro atoms. The number of carbonyl (C=O) groups is 2. The second kappa shape index (κ2) is 9.44. The minimum absolute atomic E-state index is 0. The maximum Gasteiger partial charge on any atom is 0.336 e. The van der Waals surface area contributed by atoms with Crippen LogP contribution in [0.3, 0.4) is 0 Å². The zero-order chi connectivity index (χ0) is 16.8. The molecule has 1 saturated heterocycles. The maximum absolute atomic E-state index is 12.5. The Balaban J connectivity index is 0.00000288. The third-order valence-corrected chi connectivity index (χ3v) is 4.26. The molecule has 1 aromatic rings. The van der Waals surface area contributed by atoms with Gasteiger partial charge in [-0.3, -0.25) is 9.78 Å². The van der Waals surface area contributed by atoms with Crippen LogP contribution in [-0.4, -0.2) is 46.1 Å². The number of carbonyl (C=O) groups excluding carboxylic acids is 2. The lowest BCUT2D eigenvalue weighted by atomic mass is 9.99. The van der Waals surface area contributed by atoms with Crippen molar-refractivity contribution in [1.82, 2.24) is 20.3 Å². The zero-order valence-corrected chi connectivity index (χ0v) is 15.0. The van der Waals surface area contributed by atoms with Gasteiger partial charge in [0.2, 0.25) is 0 Å². The summed E-state index contributed by atoms with van der Waals surface area (Å²) in [5.41, 5.74) is 6.98. The molecule has 0 bridgehead atoms. The molecular formula is C16H26ClN5O2. The van der Waals surface area contributed by atoms with Crippen molar-refractivity contribution in [3.8, 4) is 0 Å². The second-order valence-electron chi connectivity index (χ2n) is 5.86. The largest absolute Gasteiger partial charge is 0.336 e. The van der Waals surface area contributed by atoms with Crippen molar-refractivity contribution < 1.29 is 9.59 Å². The number of halogens is 1. The SMILES string of the molecule is CC[C@H](C)[C@H](N)C(=O)N1CCCN1C(=O)NCc1ccncc1.Cl. The van der Waals surface area contributed by atoms with E-state index in [0.717, 1.165) is 18.4 Å². The van der Waals surface area contributed by atoms with Gasteiger partial charge in [-0.25, -0.2) is 14.8 Å². The first-order chi connectivity index (χ1) is 11.0. The summed E-state index contributed by atoms with van der Waals surface area (Å²) in [5, 5.41) is 5.78. The molecule has 2 rings (SSSR count). The van der Waals surface area contributed by atoms with E-state index < -0.39 is 6.04 Å².